The number of nitrogens with one attached hydrogen (secondary N) is 2. The molecule has 1 aromatic rings. The monoisotopic (exact) mass is 468 g/mol. The maximum atomic E-state index is 14.4. The molecule has 7 nitrogen and oxygen atoms in total. The summed E-state index contributed by atoms with van der Waals surface area (Å²) in [5.41, 5.74) is 1.43. The average molecular weight is 469 g/mol. The van der Waals surface area contributed by atoms with Gasteiger partial charge in [-0.25, -0.2) is 13.2 Å². The van der Waals surface area contributed by atoms with Crippen LogP contribution in [-0.4, -0.2) is 91.5 Å². The Kier molecular flexibility index (Phi) is 7.55. The maximum Gasteiger partial charge on any atom is 0.244 e. The van der Waals surface area contributed by atoms with Gasteiger partial charge in [-0.2, -0.15) is 0 Å². The summed E-state index contributed by atoms with van der Waals surface area (Å²) < 4.78 is 47.1. The van der Waals surface area contributed by atoms with E-state index in [9.17, 15) is 22.8 Å². The van der Waals surface area contributed by atoms with E-state index >= 15 is 0 Å². The van der Waals surface area contributed by atoms with E-state index in [1.54, 1.807) is 13.0 Å². The van der Waals surface area contributed by atoms with Crippen LogP contribution in [0.1, 0.15) is 24.5 Å². The molecule has 3 aliphatic heterocycles. The molecule has 3 unspecified atom stereocenters. The Balaban J connectivity index is 1.51. The number of carbonyl (C=O) groups is 2. The van der Waals surface area contributed by atoms with E-state index in [1.165, 1.54) is 17.0 Å². The van der Waals surface area contributed by atoms with Crippen LogP contribution < -0.4 is 10.6 Å². The zero-order valence-corrected chi connectivity index (χ0v) is 18.7. The predicted octanol–water partition coefficient (Wildman–Crippen LogP) is 0.954. The Bertz CT molecular complexity index is 867. The van der Waals surface area contributed by atoms with Crippen molar-refractivity contribution < 1.29 is 27.5 Å². The van der Waals surface area contributed by atoms with Crippen molar-refractivity contribution in [2.75, 3.05) is 39.4 Å². The van der Waals surface area contributed by atoms with E-state index in [1.807, 2.05) is 0 Å². The molecule has 4 rings (SSSR count). The summed E-state index contributed by atoms with van der Waals surface area (Å²) in [6.07, 6.45) is -2.79. The second-order valence-corrected chi connectivity index (χ2v) is 9.12. The van der Waals surface area contributed by atoms with Crippen LogP contribution in [0.2, 0.25) is 0 Å². The summed E-state index contributed by atoms with van der Waals surface area (Å²) in [4.78, 5) is 29.9. The summed E-state index contributed by atoms with van der Waals surface area (Å²) in [5.74, 6) is -1.01. The minimum absolute atomic E-state index is 0.0372. The van der Waals surface area contributed by atoms with Crippen LogP contribution in [0.5, 0.6) is 0 Å². The molecule has 1 aromatic carbocycles. The first kappa shape index (κ1) is 24.0. The average Bonchev–Trinajstić information content (AvgIpc) is 2.78. The number of benzene rings is 1. The molecular weight excluding hydrogens is 437 g/mol. The summed E-state index contributed by atoms with van der Waals surface area (Å²) >= 11 is 0. The van der Waals surface area contributed by atoms with Crippen LogP contribution >= 0.6 is 0 Å². The van der Waals surface area contributed by atoms with Crippen molar-refractivity contribution in [3.05, 3.63) is 35.1 Å². The molecular formula is C23H31F3N4O3. The summed E-state index contributed by atoms with van der Waals surface area (Å²) in [5, 5.41) is 5.69. The van der Waals surface area contributed by atoms with Gasteiger partial charge >= 0.3 is 0 Å². The van der Waals surface area contributed by atoms with Gasteiger partial charge in [-0.05, 0) is 30.2 Å². The van der Waals surface area contributed by atoms with Gasteiger partial charge in [0.05, 0.1) is 25.7 Å². The molecule has 3 aliphatic rings. The highest BCUT2D eigenvalue weighted by atomic mass is 19.1. The first-order valence-electron chi connectivity index (χ1n) is 11.5. The van der Waals surface area contributed by atoms with E-state index in [-0.39, 0.29) is 31.8 Å². The van der Waals surface area contributed by atoms with E-state index in [0.29, 0.717) is 38.4 Å². The van der Waals surface area contributed by atoms with Gasteiger partial charge in [0.2, 0.25) is 11.8 Å². The van der Waals surface area contributed by atoms with Gasteiger partial charge in [0.25, 0.3) is 0 Å². The third kappa shape index (κ3) is 5.67. The number of alkyl halides is 2. The molecule has 0 bridgehead atoms. The lowest BCUT2D eigenvalue weighted by atomic mass is 9.95. The lowest BCUT2D eigenvalue weighted by Crippen LogP contribution is -2.62. The second kappa shape index (κ2) is 10.4. The number of hydrogen-bond acceptors (Lipinski definition) is 5. The molecule has 10 heteroatoms. The molecule has 2 saturated heterocycles. The minimum atomic E-state index is -1.42. The number of halogens is 3. The van der Waals surface area contributed by atoms with E-state index in [0.717, 1.165) is 5.56 Å². The smallest absolute Gasteiger partial charge is 0.244 e. The third-order valence-electron chi connectivity index (χ3n) is 6.74. The van der Waals surface area contributed by atoms with E-state index in [4.69, 9.17) is 4.74 Å². The third-order valence-corrected chi connectivity index (χ3v) is 6.74. The fraction of sp³-hybridized carbons (Fsp3) is 0.652. The van der Waals surface area contributed by atoms with Crippen molar-refractivity contribution in [2.45, 2.75) is 56.8 Å². The Labute approximate surface area is 191 Å². The molecule has 5 atom stereocenters. The first-order valence-corrected chi connectivity index (χ1v) is 11.5. The maximum absolute atomic E-state index is 14.4. The number of fused-ring (bicyclic) bond motifs is 1. The molecule has 33 heavy (non-hydrogen) atoms. The minimum Gasteiger partial charge on any atom is -0.379 e. The van der Waals surface area contributed by atoms with Crippen molar-refractivity contribution in [2.24, 2.45) is 0 Å². The van der Waals surface area contributed by atoms with Gasteiger partial charge < -0.3 is 20.3 Å². The van der Waals surface area contributed by atoms with Crippen LogP contribution in [0.3, 0.4) is 0 Å². The van der Waals surface area contributed by atoms with Gasteiger partial charge in [-0.15, -0.1) is 0 Å². The van der Waals surface area contributed by atoms with Crippen LogP contribution in [-0.2, 0) is 27.3 Å². The Morgan fingerprint density at radius 1 is 1.27 bits per heavy atom. The zero-order chi connectivity index (χ0) is 23.5. The van der Waals surface area contributed by atoms with Crippen LogP contribution in [0.4, 0.5) is 13.2 Å². The summed E-state index contributed by atoms with van der Waals surface area (Å²) in [7, 11) is 0. The molecule has 3 heterocycles. The predicted molar refractivity (Wildman–Crippen MR) is 116 cm³/mol. The molecule has 2 N–H and O–H groups in total. The molecule has 0 saturated carbocycles. The lowest BCUT2D eigenvalue weighted by molar-refractivity contribution is -0.143. The molecule has 2 fully saturated rings. The number of amides is 2. The van der Waals surface area contributed by atoms with Gasteiger partial charge in [-0.1, -0.05) is 6.07 Å². The van der Waals surface area contributed by atoms with Crippen LogP contribution in [0, 0.1) is 5.82 Å². The number of rotatable bonds is 6. The Morgan fingerprint density at radius 2 is 2.03 bits per heavy atom. The highest BCUT2D eigenvalue weighted by molar-refractivity contribution is 5.89. The lowest BCUT2D eigenvalue weighted by Gasteiger charge is -2.40. The molecule has 0 aromatic heterocycles. The second-order valence-electron chi connectivity index (χ2n) is 9.12. The number of hydrogen-bond donors (Lipinski definition) is 2. The van der Waals surface area contributed by atoms with Gasteiger partial charge in [0, 0.05) is 45.2 Å². The summed E-state index contributed by atoms with van der Waals surface area (Å²) in [6.45, 7) is 4.45. The SMILES string of the molecule is C[C@H](NC(=O)[C@@H](CN1CCOCC1)N1Cc2cc(F)ccc2CC1=O)C1NCC(F)CC1F. The standard InChI is InChI=1S/C23H31F3N4O3/c1-14(22-19(26)10-18(25)11-27-22)28-23(32)20(13-29-4-6-33-7-5-29)30-12-16-8-17(24)3-2-15(16)9-21(30)31/h2-3,8,14,18-20,22,27H,4-7,9-13H2,1H3,(H,28,32)/t14-,18?,19?,20+,22?/m0/s1. The molecule has 2 amide bonds. The van der Waals surface area contributed by atoms with Crippen LogP contribution in [0.25, 0.3) is 0 Å². The van der Waals surface area contributed by atoms with Crippen molar-refractivity contribution in [3.8, 4) is 0 Å². The Hall–Kier alpha value is -2.17. The largest absolute Gasteiger partial charge is 0.379 e. The fourth-order valence-corrected chi connectivity index (χ4v) is 4.85. The number of nitrogens with zero attached hydrogens (tertiary/aromatic N) is 2. The number of carbonyl (C=O) groups excluding carboxylic acids is 2. The van der Waals surface area contributed by atoms with Gasteiger partial charge in [-0.3, -0.25) is 14.5 Å². The quantitative estimate of drug-likeness (QED) is 0.651. The van der Waals surface area contributed by atoms with Crippen molar-refractivity contribution >= 4 is 11.8 Å². The molecule has 0 aliphatic carbocycles. The van der Waals surface area contributed by atoms with Crippen molar-refractivity contribution in [1.29, 1.82) is 0 Å². The van der Waals surface area contributed by atoms with E-state index in [2.05, 4.69) is 15.5 Å². The van der Waals surface area contributed by atoms with Crippen LogP contribution in [0.15, 0.2) is 18.2 Å². The number of piperidine rings is 1. The number of morpholine rings is 1. The molecule has 0 radical (unpaired) electrons. The first-order chi connectivity index (χ1) is 15.8. The zero-order valence-electron chi connectivity index (χ0n) is 18.7. The molecule has 0 spiro atoms. The van der Waals surface area contributed by atoms with Gasteiger partial charge in [0.15, 0.2) is 0 Å². The normalized spacial score (nSPS) is 28.2. The molecule has 182 valence electrons. The van der Waals surface area contributed by atoms with E-state index < -0.39 is 42.2 Å². The van der Waals surface area contributed by atoms with Gasteiger partial charge in [0.1, 0.15) is 24.2 Å². The highest BCUT2D eigenvalue weighted by Gasteiger charge is 2.38. The Morgan fingerprint density at radius 3 is 2.76 bits per heavy atom. The highest BCUT2D eigenvalue weighted by Crippen LogP contribution is 2.24. The van der Waals surface area contributed by atoms with Crippen molar-refractivity contribution in [3.63, 3.8) is 0 Å². The number of ether oxygens (including phenoxy) is 1. The fourth-order valence-electron chi connectivity index (χ4n) is 4.85. The summed E-state index contributed by atoms with van der Waals surface area (Å²) in [6, 6.07) is 2.19. The van der Waals surface area contributed by atoms with Crippen molar-refractivity contribution in [1.82, 2.24) is 20.4 Å². The topological polar surface area (TPSA) is 73.9 Å².